The molecule has 7 nitrogen and oxygen atoms in total. The van der Waals surface area contributed by atoms with E-state index in [1.165, 1.54) is 6.20 Å². The van der Waals surface area contributed by atoms with E-state index in [9.17, 15) is 4.79 Å². The van der Waals surface area contributed by atoms with Gasteiger partial charge in [-0.1, -0.05) is 0 Å². The smallest absolute Gasteiger partial charge is 0.250 e. The van der Waals surface area contributed by atoms with Crippen LogP contribution in [0.4, 0.5) is 11.5 Å². The Morgan fingerprint density at radius 3 is 3.16 bits per heavy atom. The molecule has 2 heterocycles. The molecule has 1 fully saturated rings. The Kier molecular flexibility index (Phi) is 4.18. The minimum absolute atomic E-state index is 0.107. The van der Waals surface area contributed by atoms with E-state index in [1.54, 1.807) is 6.07 Å². The molecule has 1 unspecified atom stereocenters. The van der Waals surface area contributed by atoms with Crippen LogP contribution >= 0.6 is 0 Å². The lowest BCUT2D eigenvalue weighted by molar-refractivity contribution is -0.0117. The maximum Gasteiger partial charge on any atom is 0.250 e. The lowest BCUT2D eigenvalue weighted by Gasteiger charge is -2.30. The minimum Gasteiger partial charge on any atom is -0.397 e. The van der Waals surface area contributed by atoms with E-state index in [4.69, 9.17) is 16.2 Å². The van der Waals surface area contributed by atoms with Gasteiger partial charge in [0.1, 0.15) is 5.82 Å². The molecule has 104 valence electrons. The average Bonchev–Trinajstić information content (AvgIpc) is 2.37. The summed E-state index contributed by atoms with van der Waals surface area (Å²) in [5.74, 6) is 0.0106. The Morgan fingerprint density at radius 1 is 1.68 bits per heavy atom. The van der Waals surface area contributed by atoms with Crippen LogP contribution in [-0.4, -0.2) is 55.2 Å². The number of hydrogen-bond acceptors (Lipinski definition) is 6. The number of nitrogens with one attached hydrogen (secondary N) is 1. The molecule has 0 aliphatic carbocycles. The van der Waals surface area contributed by atoms with Gasteiger partial charge in [0.2, 0.25) is 0 Å². The van der Waals surface area contributed by atoms with Crippen molar-refractivity contribution in [3.63, 3.8) is 0 Å². The molecule has 1 aromatic heterocycles. The van der Waals surface area contributed by atoms with Gasteiger partial charge in [0.05, 0.1) is 30.2 Å². The fourth-order valence-electron chi connectivity index (χ4n) is 1.98. The van der Waals surface area contributed by atoms with E-state index in [0.717, 1.165) is 19.7 Å². The molecule has 1 aromatic rings. The van der Waals surface area contributed by atoms with E-state index in [-0.39, 0.29) is 17.4 Å². The van der Waals surface area contributed by atoms with Gasteiger partial charge >= 0.3 is 0 Å². The number of likely N-dealkylation sites (N-methyl/N-ethyl adjacent to an activating group) is 1. The summed E-state index contributed by atoms with van der Waals surface area (Å²) < 4.78 is 5.62. The first kappa shape index (κ1) is 13.6. The van der Waals surface area contributed by atoms with Crippen molar-refractivity contribution in [3.05, 3.63) is 17.8 Å². The summed E-state index contributed by atoms with van der Waals surface area (Å²) in [4.78, 5) is 17.5. The number of hydrogen-bond donors (Lipinski definition) is 3. The zero-order chi connectivity index (χ0) is 13.8. The summed E-state index contributed by atoms with van der Waals surface area (Å²) in [7, 11) is 2.06. The van der Waals surface area contributed by atoms with Gasteiger partial charge in [0.25, 0.3) is 5.91 Å². The number of nitrogen functional groups attached to an aromatic ring is 1. The van der Waals surface area contributed by atoms with Crippen molar-refractivity contribution in [1.29, 1.82) is 0 Å². The molecular weight excluding hydrogens is 246 g/mol. The Bertz CT molecular complexity index is 465. The summed E-state index contributed by atoms with van der Waals surface area (Å²) >= 11 is 0. The first-order valence-electron chi connectivity index (χ1n) is 6.15. The molecule has 5 N–H and O–H groups in total. The van der Waals surface area contributed by atoms with Gasteiger partial charge in [-0.05, 0) is 13.1 Å². The van der Waals surface area contributed by atoms with Crippen LogP contribution in [0.1, 0.15) is 10.4 Å². The minimum atomic E-state index is -0.559. The molecular formula is C12H19N5O2. The van der Waals surface area contributed by atoms with Gasteiger partial charge in [-0.3, -0.25) is 4.79 Å². The average molecular weight is 265 g/mol. The van der Waals surface area contributed by atoms with E-state index in [2.05, 4.69) is 22.2 Å². The number of pyridine rings is 1. The highest BCUT2D eigenvalue weighted by molar-refractivity contribution is 5.98. The van der Waals surface area contributed by atoms with Gasteiger partial charge in [-0.25, -0.2) is 4.98 Å². The molecule has 2 rings (SSSR count). The summed E-state index contributed by atoms with van der Waals surface area (Å²) in [6.45, 7) is 3.16. The molecule has 1 saturated heterocycles. The van der Waals surface area contributed by atoms with Gasteiger partial charge in [0, 0.05) is 19.6 Å². The Hall–Kier alpha value is -1.86. The van der Waals surface area contributed by atoms with E-state index in [1.807, 2.05) is 0 Å². The third kappa shape index (κ3) is 3.55. The monoisotopic (exact) mass is 265 g/mol. The predicted octanol–water partition coefficient (Wildman–Crippen LogP) is -0.495. The molecule has 0 spiro atoms. The fraction of sp³-hybridized carbons (Fsp3) is 0.500. The molecule has 1 aliphatic heterocycles. The van der Waals surface area contributed by atoms with Gasteiger partial charge < -0.3 is 26.4 Å². The number of nitrogens with two attached hydrogens (primary N) is 2. The Balaban J connectivity index is 1.96. The van der Waals surface area contributed by atoms with Crippen molar-refractivity contribution in [2.75, 3.05) is 44.3 Å². The summed E-state index contributed by atoms with van der Waals surface area (Å²) in [6, 6.07) is 1.56. The zero-order valence-electron chi connectivity index (χ0n) is 10.9. The molecule has 0 saturated carbocycles. The number of anilines is 2. The molecule has 1 aliphatic rings. The van der Waals surface area contributed by atoms with Crippen molar-refractivity contribution in [2.24, 2.45) is 5.73 Å². The van der Waals surface area contributed by atoms with Crippen LogP contribution in [0.2, 0.25) is 0 Å². The standard InChI is InChI=1S/C12H19N5O2/c1-17-2-3-19-8(7-17)5-15-11-4-9(12(14)18)10(13)6-16-11/h4,6,8H,2-3,5,7,13H2,1H3,(H2,14,18)(H,15,16). The third-order valence-electron chi connectivity index (χ3n) is 3.05. The highest BCUT2D eigenvalue weighted by Gasteiger charge is 2.17. The molecule has 1 atom stereocenters. The molecule has 1 amide bonds. The van der Waals surface area contributed by atoms with Crippen LogP contribution in [-0.2, 0) is 4.74 Å². The highest BCUT2D eigenvalue weighted by Crippen LogP contribution is 2.14. The first-order chi connectivity index (χ1) is 9.06. The third-order valence-corrected chi connectivity index (χ3v) is 3.05. The van der Waals surface area contributed by atoms with Crippen LogP contribution in [0, 0.1) is 0 Å². The summed E-state index contributed by atoms with van der Waals surface area (Å²) in [5.41, 5.74) is 11.4. The van der Waals surface area contributed by atoms with Crippen LogP contribution in [0.3, 0.4) is 0 Å². The second kappa shape index (κ2) is 5.85. The number of rotatable bonds is 4. The molecule has 0 radical (unpaired) electrons. The second-order valence-corrected chi connectivity index (χ2v) is 4.66. The quantitative estimate of drug-likeness (QED) is 0.678. The zero-order valence-corrected chi connectivity index (χ0v) is 10.9. The van der Waals surface area contributed by atoms with Crippen molar-refractivity contribution in [3.8, 4) is 0 Å². The number of primary amides is 1. The number of aromatic nitrogens is 1. The predicted molar refractivity (Wildman–Crippen MR) is 72.9 cm³/mol. The van der Waals surface area contributed by atoms with Crippen LogP contribution in [0.25, 0.3) is 0 Å². The summed E-state index contributed by atoms with van der Waals surface area (Å²) in [5, 5.41) is 3.13. The van der Waals surface area contributed by atoms with Crippen molar-refractivity contribution < 1.29 is 9.53 Å². The SMILES string of the molecule is CN1CCOC(CNc2cc(C(N)=O)c(N)cn2)C1. The van der Waals surface area contributed by atoms with Crippen molar-refractivity contribution in [2.45, 2.75) is 6.10 Å². The topological polar surface area (TPSA) is 106 Å². The molecule has 19 heavy (non-hydrogen) atoms. The second-order valence-electron chi connectivity index (χ2n) is 4.66. The summed E-state index contributed by atoms with van der Waals surface area (Å²) in [6.07, 6.45) is 1.53. The number of ether oxygens (including phenoxy) is 1. The first-order valence-corrected chi connectivity index (χ1v) is 6.15. The van der Waals surface area contributed by atoms with E-state index >= 15 is 0 Å². The van der Waals surface area contributed by atoms with Gasteiger partial charge in [-0.2, -0.15) is 0 Å². The lowest BCUT2D eigenvalue weighted by atomic mass is 10.2. The maximum atomic E-state index is 11.2. The number of amides is 1. The molecule has 7 heteroatoms. The largest absolute Gasteiger partial charge is 0.397 e. The normalized spacial score (nSPS) is 20.2. The number of nitrogens with zero attached hydrogens (tertiary/aromatic N) is 2. The number of morpholine rings is 1. The Labute approximate surface area is 111 Å². The van der Waals surface area contributed by atoms with E-state index < -0.39 is 5.91 Å². The number of carbonyl (C=O) groups excluding carboxylic acids is 1. The van der Waals surface area contributed by atoms with E-state index in [0.29, 0.717) is 12.4 Å². The highest BCUT2D eigenvalue weighted by atomic mass is 16.5. The van der Waals surface area contributed by atoms with Crippen LogP contribution < -0.4 is 16.8 Å². The van der Waals surface area contributed by atoms with Crippen LogP contribution in [0.15, 0.2) is 12.3 Å². The molecule has 0 bridgehead atoms. The molecule has 0 aromatic carbocycles. The Morgan fingerprint density at radius 2 is 2.47 bits per heavy atom. The van der Waals surface area contributed by atoms with Crippen LogP contribution in [0.5, 0.6) is 0 Å². The maximum absolute atomic E-state index is 11.2. The van der Waals surface area contributed by atoms with Crippen molar-refractivity contribution in [1.82, 2.24) is 9.88 Å². The van der Waals surface area contributed by atoms with Gasteiger partial charge in [-0.15, -0.1) is 0 Å². The van der Waals surface area contributed by atoms with Crippen molar-refractivity contribution >= 4 is 17.4 Å². The fourth-order valence-corrected chi connectivity index (χ4v) is 1.98. The lowest BCUT2D eigenvalue weighted by Crippen LogP contribution is -2.43. The number of carbonyl (C=O) groups is 1. The van der Waals surface area contributed by atoms with Gasteiger partial charge in [0.15, 0.2) is 0 Å².